The lowest BCUT2D eigenvalue weighted by atomic mass is 10.4. The molecular formula is C9H9N5OS. The Labute approximate surface area is 95.3 Å². The van der Waals surface area contributed by atoms with E-state index >= 15 is 0 Å². The van der Waals surface area contributed by atoms with Crippen LogP contribution in [0.2, 0.25) is 0 Å². The van der Waals surface area contributed by atoms with Crippen molar-refractivity contribution in [1.29, 1.82) is 0 Å². The second-order valence-corrected chi connectivity index (χ2v) is 3.92. The highest BCUT2D eigenvalue weighted by Crippen LogP contribution is 2.28. The quantitative estimate of drug-likeness (QED) is 0.532. The zero-order valence-electron chi connectivity index (χ0n) is 8.18. The van der Waals surface area contributed by atoms with Crippen molar-refractivity contribution in [3.8, 4) is 0 Å². The van der Waals surface area contributed by atoms with Gasteiger partial charge in [0.1, 0.15) is 0 Å². The molecule has 2 aromatic rings. The number of aromatic nitrogens is 3. The molecule has 0 unspecified atom stereocenters. The molecule has 1 aromatic heterocycles. The lowest BCUT2D eigenvalue weighted by Gasteiger charge is -2.04. The summed E-state index contributed by atoms with van der Waals surface area (Å²) < 4.78 is 0. The maximum Gasteiger partial charge on any atom is 0.363 e. The maximum absolute atomic E-state index is 10.9. The molecule has 4 N–H and O–H groups in total. The summed E-state index contributed by atoms with van der Waals surface area (Å²) >= 11 is 1.36. The molecule has 1 heterocycles. The minimum Gasteiger partial charge on any atom is -0.306 e. The van der Waals surface area contributed by atoms with Gasteiger partial charge in [-0.1, -0.05) is 30.0 Å². The largest absolute Gasteiger partial charge is 0.363 e. The molecule has 0 aliphatic carbocycles. The minimum absolute atomic E-state index is 0.262. The third kappa shape index (κ3) is 2.38. The minimum atomic E-state index is -0.537. The van der Waals surface area contributed by atoms with Gasteiger partial charge in [-0.05, 0) is 12.1 Å². The van der Waals surface area contributed by atoms with Crippen LogP contribution < -0.4 is 17.0 Å². The van der Waals surface area contributed by atoms with Crippen molar-refractivity contribution in [2.24, 2.45) is 5.84 Å². The van der Waals surface area contributed by atoms with E-state index in [0.29, 0.717) is 5.03 Å². The molecule has 82 valence electrons. The van der Waals surface area contributed by atoms with Crippen molar-refractivity contribution in [1.82, 2.24) is 15.2 Å². The summed E-state index contributed by atoms with van der Waals surface area (Å²) in [4.78, 5) is 15.6. The molecule has 0 saturated heterocycles. The zero-order chi connectivity index (χ0) is 11.4. The van der Waals surface area contributed by atoms with Gasteiger partial charge in [-0.3, -0.25) is 0 Å². The number of nitrogens with zero attached hydrogens (tertiary/aromatic N) is 2. The molecule has 2 rings (SSSR count). The molecule has 0 aliphatic heterocycles. The van der Waals surface area contributed by atoms with E-state index in [-0.39, 0.29) is 5.82 Å². The molecule has 0 spiro atoms. The lowest BCUT2D eigenvalue weighted by molar-refractivity contribution is 0.837. The predicted octanol–water partition coefficient (Wildman–Crippen LogP) is 0.602. The Balaban J connectivity index is 2.31. The van der Waals surface area contributed by atoms with Crippen molar-refractivity contribution >= 4 is 17.6 Å². The SMILES string of the molecule is NNc1nc(=O)[nH]nc1Sc1ccccc1. The Bertz CT molecular complexity index is 527. The number of rotatable bonds is 3. The van der Waals surface area contributed by atoms with E-state index in [2.05, 4.69) is 20.6 Å². The first-order valence-electron chi connectivity index (χ1n) is 4.46. The van der Waals surface area contributed by atoms with E-state index in [1.807, 2.05) is 30.3 Å². The van der Waals surface area contributed by atoms with E-state index in [0.717, 1.165) is 4.90 Å². The summed E-state index contributed by atoms with van der Waals surface area (Å²) in [7, 11) is 0. The summed E-state index contributed by atoms with van der Waals surface area (Å²) in [6.07, 6.45) is 0. The van der Waals surface area contributed by atoms with Crippen LogP contribution in [0.4, 0.5) is 5.82 Å². The molecule has 16 heavy (non-hydrogen) atoms. The first-order valence-corrected chi connectivity index (χ1v) is 5.27. The van der Waals surface area contributed by atoms with Crippen LogP contribution in [0.15, 0.2) is 45.0 Å². The third-order valence-corrected chi connectivity index (χ3v) is 2.75. The van der Waals surface area contributed by atoms with E-state index in [1.54, 1.807) is 0 Å². The van der Waals surface area contributed by atoms with Gasteiger partial charge in [-0.2, -0.15) is 10.1 Å². The molecule has 6 nitrogen and oxygen atoms in total. The molecule has 0 amide bonds. The number of H-pyrrole nitrogens is 1. The number of anilines is 1. The average molecular weight is 235 g/mol. The van der Waals surface area contributed by atoms with Crippen LogP contribution in [0.1, 0.15) is 0 Å². The van der Waals surface area contributed by atoms with Gasteiger partial charge < -0.3 is 5.43 Å². The fourth-order valence-electron chi connectivity index (χ4n) is 1.09. The van der Waals surface area contributed by atoms with Gasteiger partial charge in [0.2, 0.25) is 0 Å². The van der Waals surface area contributed by atoms with Gasteiger partial charge in [-0.15, -0.1) is 0 Å². The zero-order valence-corrected chi connectivity index (χ0v) is 8.99. The fourth-order valence-corrected chi connectivity index (χ4v) is 1.90. The monoisotopic (exact) mass is 235 g/mol. The molecule has 0 saturated carbocycles. The van der Waals surface area contributed by atoms with Crippen LogP contribution in [-0.2, 0) is 0 Å². The van der Waals surface area contributed by atoms with Crippen LogP contribution in [0.3, 0.4) is 0 Å². The number of hydrogen-bond acceptors (Lipinski definition) is 6. The van der Waals surface area contributed by atoms with Crippen LogP contribution in [0, 0.1) is 0 Å². The molecule has 7 heteroatoms. The van der Waals surface area contributed by atoms with Crippen molar-refractivity contribution in [3.05, 3.63) is 40.8 Å². The van der Waals surface area contributed by atoms with Gasteiger partial charge >= 0.3 is 5.69 Å². The fraction of sp³-hybridized carbons (Fsp3) is 0. The van der Waals surface area contributed by atoms with E-state index in [4.69, 9.17) is 5.84 Å². The summed E-state index contributed by atoms with van der Waals surface area (Å²) in [5.41, 5.74) is 1.81. The molecule has 0 fully saturated rings. The highest BCUT2D eigenvalue weighted by Gasteiger charge is 2.07. The Morgan fingerprint density at radius 1 is 1.31 bits per heavy atom. The summed E-state index contributed by atoms with van der Waals surface area (Å²) in [5, 5.41) is 6.65. The standard InChI is InChI=1S/C9H9N5OS/c10-12-7-8(13-14-9(15)11-7)16-6-4-2-1-3-5-6/h1-5H,10H2,(H2,11,12,14,15). The summed E-state index contributed by atoms with van der Waals surface area (Å²) in [6, 6.07) is 9.61. The maximum atomic E-state index is 10.9. The number of nitrogens with two attached hydrogens (primary N) is 1. The predicted molar refractivity (Wildman–Crippen MR) is 61.0 cm³/mol. The lowest BCUT2D eigenvalue weighted by Crippen LogP contribution is -2.19. The average Bonchev–Trinajstić information content (AvgIpc) is 2.33. The molecule has 1 aromatic carbocycles. The van der Waals surface area contributed by atoms with E-state index < -0.39 is 5.69 Å². The van der Waals surface area contributed by atoms with E-state index in [9.17, 15) is 4.79 Å². The second-order valence-electron chi connectivity index (χ2n) is 2.85. The smallest absolute Gasteiger partial charge is 0.306 e. The number of aromatic amines is 1. The third-order valence-electron chi connectivity index (χ3n) is 1.76. The number of benzene rings is 1. The topological polar surface area (TPSA) is 96.7 Å². The molecule has 0 atom stereocenters. The van der Waals surface area contributed by atoms with Crippen LogP contribution >= 0.6 is 11.8 Å². The highest BCUT2D eigenvalue weighted by atomic mass is 32.2. The van der Waals surface area contributed by atoms with Crippen molar-refractivity contribution < 1.29 is 0 Å². The van der Waals surface area contributed by atoms with Crippen LogP contribution in [0.5, 0.6) is 0 Å². The molecular weight excluding hydrogens is 226 g/mol. The van der Waals surface area contributed by atoms with Gasteiger partial charge in [0.05, 0.1) is 0 Å². The second kappa shape index (κ2) is 4.77. The van der Waals surface area contributed by atoms with Gasteiger partial charge in [0.15, 0.2) is 10.8 Å². The van der Waals surface area contributed by atoms with Gasteiger partial charge in [0, 0.05) is 4.90 Å². The van der Waals surface area contributed by atoms with Crippen LogP contribution in [0.25, 0.3) is 0 Å². The van der Waals surface area contributed by atoms with Crippen LogP contribution in [-0.4, -0.2) is 15.2 Å². The molecule has 0 radical (unpaired) electrons. The summed E-state index contributed by atoms with van der Waals surface area (Å²) in [6.45, 7) is 0. The van der Waals surface area contributed by atoms with Crippen molar-refractivity contribution in [2.45, 2.75) is 9.92 Å². The summed E-state index contributed by atoms with van der Waals surface area (Å²) in [5.74, 6) is 5.52. The number of hydrogen-bond donors (Lipinski definition) is 3. The van der Waals surface area contributed by atoms with E-state index in [1.165, 1.54) is 11.8 Å². The first kappa shape index (κ1) is 10.7. The highest BCUT2D eigenvalue weighted by molar-refractivity contribution is 7.99. The first-order chi connectivity index (χ1) is 7.79. The van der Waals surface area contributed by atoms with Gasteiger partial charge in [-0.25, -0.2) is 15.7 Å². The normalized spacial score (nSPS) is 10.1. The molecule has 0 aliphatic rings. The number of hydrazine groups is 1. The Kier molecular flexibility index (Phi) is 3.18. The Morgan fingerprint density at radius 2 is 2.06 bits per heavy atom. The molecule has 0 bridgehead atoms. The number of nitrogen functional groups attached to an aromatic ring is 1. The van der Waals surface area contributed by atoms with Crippen molar-refractivity contribution in [2.75, 3.05) is 5.43 Å². The number of nitrogens with one attached hydrogen (secondary N) is 2. The Morgan fingerprint density at radius 3 is 2.75 bits per heavy atom. The Hall–Kier alpha value is -1.86. The van der Waals surface area contributed by atoms with Crippen molar-refractivity contribution in [3.63, 3.8) is 0 Å². The van der Waals surface area contributed by atoms with Gasteiger partial charge in [0.25, 0.3) is 0 Å².